The molecule has 0 saturated carbocycles. The first-order valence-electron chi connectivity index (χ1n) is 6.93. The highest BCUT2D eigenvalue weighted by Crippen LogP contribution is 2.29. The van der Waals surface area contributed by atoms with Gasteiger partial charge in [0, 0.05) is 0 Å². The highest BCUT2D eigenvalue weighted by Gasteiger charge is 2.20. The van der Waals surface area contributed by atoms with Gasteiger partial charge in [-0.15, -0.1) is 0 Å². The summed E-state index contributed by atoms with van der Waals surface area (Å²) in [4.78, 5) is 0. The van der Waals surface area contributed by atoms with E-state index in [1.807, 2.05) is 0 Å². The van der Waals surface area contributed by atoms with Crippen molar-refractivity contribution in [3.05, 3.63) is 22.7 Å². The minimum atomic E-state index is 0.300. The molecule has 1 rings (SSSR count). The Morgan fingerprint density at radius 3 is 2.12 bits per heavy atom. The van der Waals surface area contributed by atoms with Crippen molar-refractivity contribution in [2.24, 2.45) is 0 Å². The van der Waals surface area contributed by atoms with Crippen molar-refractivity contribution in [2.45, 2.75) is 66.0 Å². The summed E-state index contributed by atoms with van der Waals surface area (Å²) >= 11 is 0. The molecule has 0 radical (unpaired) electrons. The van der Waals surface area contributed by atoms with Gasteiger partial charge >= 0.3 is 0 Å². The molecular formula is C15H26BP. The van der Waals surface area contributed by atoms with Gasteiger partial charge in [0.2, 0.25) is 0 Å². The highest BCUT2D eigenvalue weighted by molar-refractivity contribution is 7.30. The lowest BCUT2D eigenvalue weighted by molar-refractivity contribution is 0.604. The first kappa shape index (κ1) is 14.8. The van der Waals surface area contributed by atoms with Gasteiger partial charge in [0.05, 0.1) is 0 Å². The zero-order chi connectivity index (χ0) is 13.1. The molecule has 0 unspecified atom stereocenters. The predicted octanol–water partition coefficient (Wildman–Crippen LogP) is 4.87. The van der Waals surface area contributed by atoms with Crippen LogP contribution in [0.5, 0.6) is 0 Å². The molecule has 0 fully saturated rings. The first-order chi connectivity index (χ1) is 7.93. The normalized spacial score (nSPS) is 12.1. The molecule has 0 aliphatic carbocycles. The van der Waals surface area contributed by atoms with Crippen molar-refractivity contribution in [3.8, 4) is 0 Å². The molecule has 0 atom stereocenters. The number of hydrogen-bond acceptors (Lipinski definition) is 0. The monoisotopic (exact) mass is 248 g/mol. The topological polar surface area (TPSA) is 0 Å². The van der Waals surface area contributed by atoms with Gasteiger partial charge in [-0.3, -0.25) is 0 Å². The van der Waals surface area contributed by atoms with E-state index in [-0.39, 0.29) is 0 Å². The Labute approximate surface area is 109 Å². The average Bonchev–Trinajstić information content (AvgIpc) is 2.29. The van der Waals surface area contributed by atoms with Gasteiger partial charge in [-0.05, 0) is 28.5 Å². The van der Waals surface area contributed by atoms with Gasteiger partial charge in [0.25, 0.3) is 0 Å². The molecule has 17 heavy (non-hydrogen) atoms. The quantitative estimate of drug-likeness (QED) is 0.667. The van der Waals surface area contributed by atoms with Crippen molar-refractivity contribution in [1.82, 2.24) is 0 Å². The Kier molecular flexibility index (Phi) is 5.26. The van der Waals surface area contributed by atoms with E-state index in [0.717, 1.165) is 6.71 Å². The lowest BCUT2D eigenvalue weighted by Gasteiger charge is -2.22. The van der Waals surface area contributed by atoms with Gasteiger partial charge in [-0.2, -0.15) is 0 Å². The molecule has 0 amide bonds. The lowest BCUT2D eigenvalue weighted by atomic mass is 9.40. The van der Waals surface area contributed by atoms with Gasteiger partial charge in [-0.25, -0.2) is 0 Å². The maximum Gasteiger partial charge on any atom is 0.175 e. The van der Waals surface area contributed by atoms with E-state index < -0.39 is 0 Å². The summed E-state index contributed by atoms with van der Waals surface area (Å²) in [7, 11) is 1.41. The molecule has 0 bridgehead atoms. The van der Waals surface area contributed by atoms with Crippen LogP contribution in [0.25, 0.3) is 0 Å². The fourth-order valence-corrected chi connectivity index (χ4v) is 3.54. The van der Waals surface area contributed by atoms with Crippen molar-refractivity contribution >= 4 is 20.4 Å². The largest absolute Gasteiger partial charge is 0.175 e. The van der Waals surface area contributed by atoms with Gasteiger partial charge in [-0.1, -0.05) is 73.9 Å². The molecule has 0 spiro atoms. The highest BCUT2D eigenvalue weighted by atomic mass is 31.0. The van der Waals surface area contributed by atoms with Crippen LogP contribution in [0.1, 0.15) is 52.4 Å². The van der Waals surface area contributed by atoms with Crippen LogP contribution in [-0.4, -0.2) is 6.71 Å². The van der Waals surface area contributed by atoms with Crippen molar-refractivity contribution in [3.63, 3.8) is 0 Å². The summed E-state index contributed by atoms with van der Waals surface area (Å²) in [5, 5.41) is 1.57. The van der Waals surface area contributed by atoms with Gasteiger partial charge in [0.1, 0.15) is 0 Å². The van der Waals surface area contributed by atoms with Crippen molar-refractivity contribution in [1.29, 1.82) is 0 Å². The SMILES string of the molecule is CCB(CC)c1cc(C(C)(C)C)pcc1CC. The Hall–Kier alpha value is -0.285. The third-order valence-electron chi connectivity index (χ3n) is 3.60. The second-order valence-electron chi connectivity index (χ2n) is 5.89. The molecule has 0 N–H and O–H groups in total. The fourth-order valence-electron chi connectivity index (χ4n) is 2.31. The van der Waals surface area contributed by atoms with E-state index in [0.29, 0.717) is 5.41 Å². The zero-order valence-electron chi connectivity index (χ0n) is 12.3. The predicted molar refractivity (Wildman–Crippen MR) is 83.4 cm³/mol. The van der Waals surface area contributed by atoms with Crippen LogP contribution in [-0.2, 0) is 11.8 Å². The van der Waals surface area contributed by atoms with Crippen LogP contribution < -0.4 is 5.46 Å². The Morgan fingerprint density at radius 2 is 1.71 bits per heavy atom. The van der Waals surface area contributed by atoms with E-state index in [4.69, 9.17) is 0 Å². The summed E-state index contributed by atoms with van der Waals surface area (Å²) < 4.78 is 0. The fraction of sp³-hybridized carbons (Fsp3) is 0.667. The summed E-state index contributed by atoms with van der Waals surface area (Å²) in [5.41, 5.74) is 3.49. The molecular weight excluding hydrogens is 222 g/mol. The van der Waals surface area contributed by atoms with Gasteiger partial charge in [0.15, 0.2) is 6.71 Å². The molecule has 1 heterocycles. The van der Waals surface area contributed by atoms with E-state index in [1.54, 1.807) is 16.3 Å². The Balaban J connectivity index is 3.24. The van der Waals surface area contributed by atoms with Crippen molar-refractivity contribution < 1.29 is 0 Å². The number of rotatable bonds is 4. The molecule has 0 nitrogen and oxygen atoms in total. The van der Waals surface area contributed by atoms with E-state index >= 15 is 0 Å². The molecule has 1 aromatic heterocycles. The zero-order valence-corrected chi connectivity index (χ0v) is 13.2. The molecule has 0 aromatic carbocycles. The molecule has 0 aliphatic rings. The maximum atomic E-state index is 2.50. The Bertz CT molecular complexity index is 362. The van der Waals surface area contributed by atoms with Crippen LogP contribution in [0, 0.1) is 0 Å². The third-order valence-corrected chi connectivity index (χ3v) is 5.12. The minimum Gasteiger partial charge on any atom is -0.0760 e. The van der Waals surface area contributed by atoms with Crippen LogP contribution in [0.4, 0.5) is 0 Å². The van der Waals surface area contributed by atoms with E-state index in [9.17, 15) is 0 Å². The lowest BCUT2D eigenvalue weighted by Crippen LogP contribution is -2.32. The first-order valence-corrected chi connectivity index (χ1v) is 7.89. The van der Waals surface area contributed by atoms with Crippen LogP contribution in [0.3, 0.4) is 0 Å². The average molecular weight is 248 g/mol. The van der Waals surface area contributed by atoms with E-state index in [1.165, 1.54) is 27.3 Å². The summed E-state index contributed by atoms with van der Waals surface area (Å²) in [6.07, 6.45) is 3.69. The molecule has 2 heteroatoms. The Morgan fingerprint density at radius 1 is 1.12 bits per heavy atom. The number of hydrogen-bond donors (Lipinski definition) is 0. The number of aryl methyl sites for hydroxylation is 1. The summed E-state index contributed by atoms with van der Waals surface area (Å²) in [5.74, 6) is 2.44. The molecule has 0 aliphatic heterocycles. The minimum absolute atomic E-state index is 0.300. The van der Waals surface area contributed by atoms with Crippen LogP contribution in [0.2, 0.25) is 12.6 Å². The van der Waals surface area contributed by atoms with Crippen LogP contribution >= 0.6 is 8.19 Å². The standard InChI is InChI=1S/C15H26BP/c1-7-12-11-17-14(15(4,5)6)10-13(12)16(8-2)9-3/h10-11H,7-9H2,1-6H3. The molecule has 94 valence electrons. The maximum absolute atomic E-state index is 2.50. The molecule has 0 saturated heterocycles. The second-order valence-corrected chi connectivity index (χ2v) is 6.88. The third kappa shape index (κ3) is 3.58. The molecule has 1 aromatic rings. The van der Waals surface area contributed by atoms with E-state index in [2.05, 4.69) is 53.4 Å². The van der Waals surface area contributed by atoms with Crippen molar-refractivity contribution in [2.75, 3.05) is 0 Å². The smallest absolute Gasteiger partial charge is 0.0760 e. The van der Waals surface area contributed by atoms with Crippen LogP contribution in [0.15, 0.2) is 11.9 Å². The van der Waals surface area contributed by atoms with Gasteiger partial charge < -0.3 is 0 Å². The summed E-state index contributed by atoms with van der Waals surface area (Å²) in [6, 6.07) is 2.50. The summed E-state index contributed by atoms with van der Waals surface area (Å²) in [6.45, 7) is 14.6. The second kappa shape index (κ2) is 6.05.